The number of methoxy groups -OCH3 is 1. The van der Waals surface area contributed by atoms with Crippen molar-refractivity contribution < 1.29 is 4.74 Å². The van der Waals surface area contributed by atoms with Crippen LogP contribution in [0.15, 0.2) is 12.3 Å². The standard InChI is InChI=1S/C16H29N3O/c1-5-13(2)19-11-8-14(18-19)12-15(17-3)16(20-4)9-6-7-10-16/h8,11,13,15,17H,5-7,9-10,12H2,1-4H3. The molecule has 2 rings (SSSR count). The maximum atomic E-state index is 5.90. The molecule has 0 amide bonds. The Hall–Kier alpha value is -0.870. The summed E-state index contributed by atoms with van der Waals surface area (Å²) in [5.41, 5.74) is 1.16. The average molecular weight is 279 g/mol. The highest BCUT2D eigenvalue weighted by atomic mass is 16.5. The summed E-state index contributed by atoms with van der Waals surface area (Å²) >= 11 is 0. The third kappa shape index (κ3) is 3.07. The van der Waals surface area contributed by atoms with Crippen molar-refractivity contribution in [1.29, 1.82) is 0 Å². The first-order chi connectivity index (χ1) is 9.65. The SMILES string of the molecule is CCC(C)n1ccc(CC(NC)C2(OC)CCCC2)n1. The average Bonchev–Trinajstić information content (AvgIpc) is 3.13. The van der Waals surface area contributed by atoms with E-state index in [1.807, 2.05) is 14.2 Å². The van der Waals surface area contributed by atoms with E-state index in [1.54, 1.807) is 0 Å². The molecule has 0 radical (unpaired) electrons. The van der Waals surface area contributed by atoms with Gasteiger partial charge in [0, 0.05) is 31.8 Å². The number of hydrogen-bond donors (Lipinski definition) is 1. The predicted octanol–water partition coefficient (Wildman–Crippen LogP) is 2.94. The Morgan fingerprint density at radius 3 is 2.70 bits per heavy atom. The molecule has 1 fully saturated rings. The summed E-state index contributed by atoms with van der Waals surface area (Å²) in [6, 6.07) is 2.96. The fourth-order valence-corrected chi connectivity index (χ4v) is 3.35. The molecule has 4 nitrogen and oxygen atoms in total. The van der Waals surface area contributed by atoms with Gasteiger partial charge < -0.3 is 10.1 Å². The Labute approximate surface area is 122 Å². The van der Waals surface area contributed by atoms with E-state index in [9.17, 15) is 0 Å². The number of aromatic nitrogens is 2. The van der Waals surface area contributed by atoms with Gasteiger partial charge in [-0.15, -0.1) is 0 Å². The van der Waals surface area contributed by atoms with E-state index in [-0.39, 0.29) is 5.60 Å². The first kappa shape index (κ1) is 15.5. The Morgan fingerprint density at radius 1 is 1.45 bits per heavy atom. The van der Waals surface area contributed by atoms with E-state index in [0.717, 1.165) is 31.4 Å². The quantitative estimate of drug-likeness (QED) is 0.834. The van der Waals surface area contributed by atoms with Gasteiger partial charge in [-0.05, 0) is 39.3 Å². The van der Waals surface area contributed by atoms with E-state index in [0.29, 0.717) is 12.1 Å². The first-order valence-electron chi connectivity index (χ1n) is 7.91. The lowest BCUT2D eigenvalue weighted by atomic mass is 9.89. The molecule has 1 saturated carbocycles. The van der Waals surface area contributed by atoms with Gasteiger partial charge in [-0.1, -0.05) is 19.8 Å². The van der Waals surface area contributed by atoms with Gasteiger partial charge in [0.25, 0.3) is 0 Å². The highest BCUT2D eigenvalue weighted by Crippen LogP contribution is 2.36. The van der Waals surface area contributed by atoms with Gasteiger partial charge in [0.05, 0.1) is 11.3 Å². The Balaban J connectivity index is 2.08. The molecule has 1 heterocycles. The van der Waals surface area contributed by atoms with Crippen molar-refractivity contribution in [2.45, 2.75) is 70.1 Å². The molecule has 0 spiro atoms. The van der Waals surface area contributed by atoms with Crippen molar-refractivity contribution >= 4 is 0 Å². The molecular weight excluding hydrogens is 250 g/mol. The number of rotatable bonds is 7. The summed E-state index contributed by atoms with van der Waals surface area (Å²) < 4.78 is 7.98. The predicted molar refractivity (Wildman–Crippen MR) is 82.0 cm³/mol. The van der Waals surface area contributed by atoms with Gasteiger partial charge >= 0.3 is 0 Å². The van der Waals surface area contributed by atoms with E-state index < -0.39 is 0 Å². The Bertz CT molecular complexity index is 410. The third-order valence-electron chi connectivity index (χ3n) is 4.96. The molecule has 0 bridgehead atoms. The molecule has 4 heteroatoms. The van der Waals surface area contributed by atoms with Crippen molar-refractivity contribution in [3.8, 4) is 0 Å². The van der Waals surface area contributed by atoms with Crippen molar-refractivity contribution in [2.24, 2.45) is 0 Å². The summed E-state index contributed by atoms with van der Waals surface area (Å²) in [6.07, 6.45) is 9.00. The van der Waals surface area contributed by atoms with Crippen LogP contribution in [0.4, 0.5) is 0 Å². The minimum atomic E-state index is -0.00506. The lowest BCUT2D eigenvalue weighted by Crippen LogP contribution is -2.50. The summed E-state index contributed by atoms with van der Waals surface area (Å²) in [5.74, 6) is 0. The molecule has 1 aliphatic carbocycles. The molecular formula is C16H29N3O. The van der Waals surface area contributed by atoms with Gasteiger partial charge in [-0.2, -0.15) is 5.10 Å². The van der Waals surface area contributed by atoms with Gasteiger partial charge in [0.1, 0.15) is 0 Å². The van der Waals surface area contributed by atoms with Crippen LogP contribution in [0.3, 0.4) is 0 Å². The summed E-state index contributed by atoms with van der Waals surface area (Å²) in [7, 11) is 3.89. The minimum Gasteiger partial charge on any atom is -0.377 e. The third-order valence-corrected chi connectivity index (χ3v) is 4.96. The highest BCUT2D eigenvalue weighted by Gasteiger charge is 2.41. The highest BCUT2D eigenvalue weighted by molar-refractivity contribution is 5.07. The first-order valence-corrected chi connectivity index (χ1v) is 7.91. The summed E-state index contributed by atoms with van der Waals surface area (Å²) in [4.78, 5) is 0. The lowest BCUT2D eigenvalue weighted by molar-refractivity contribution is -0.0339. The fourth-order valence-electron chi connectivity index (χ4n) is 3.35. The van der Waals surface area contributed by atoms with Crippen molar-refractivity contribution in [2.75, 3.05) is 14.2 Å². The zero-order valence-electron chi connectivity index (χ0n) is 13.4. The second-order valence-electron chi connectivity index (χ2n) is 6.07. The number of likely N-dealkylation sites (N-methyl/N-ethyl adjacent to an activating group) is 1. The normalized spacial score (nSPS) is 21.0. The van der Waals surface area contributed by atoms with Crippen LogP contribution in [0.25, 0.3) is 0 Å². The van der Waals surface area contributed by atoms with Crippen LogP contribution in [0.2, 0.25) is 0 Å². The van der Waals surface area contributed by atoms with Gasteiger partial charge in [-0.3, -0.25) is 4.68 Å². The Morgan fingerprint density at radius 2 is 2.15 bits per heavy atom. The van der Waals surface area contributed by atoms with Crippen LogP contribution < -0.4 is 5.32 Å². The van der Waals surface area contributed by atoms with E-state index >= 15 is 0 Å². The van der Waals surface area contributed by atoms with Crippen LogP contribution >= 0.6 is 0 Å². The Kier molecular flexibility index (Phi) is 5.22. The fraction of sp³-hybridized carbons (Fsp3) is 0.812. The van der Waals surface area contributed by atoms with Crippen molar-refractivity contribution in [3.05, 3.63) is 18.0 Å². The van der Waals surface area contributed by atoms with Gasteiger partial charge in [0.2, 0.25) is 0 Å². The van der Waals surface area contributed by atoms with E-state index in [1.165, 1.54) is 12.8 Å². The number of nitrogens with zero attached hydrogens (tertiary/aromatic N) is 2. The molecule has 1 N–H and O–H groups in total. The maximum Gasteiger partial charge on any atom is 0.0834 e. The second-order valence-corrected chi connectivity index (χ2v) is 6.07. The number of ether oxygens (including phenoxy) is 1. The van der Waals surface area contributed by atoms with Crippen molar-refractivity contribution in [1.82, 2.24) is 15.1 Å². The molecule has 114 valence electrons. The molecule has 20 heavy (non-hydrogen) atoms. The van der Waals surface area contributed by atoms with Crippen LogP contribution in [0, 0.1) is 0 Å². The number of nitrogens with one attached hydrogen (secondary N) is 1. The molecule has 1 aliphatic rings. The molecule has 1 aromatic heterocycles. The largest absolute Gasteiger partial charge is 0.377 e. The van der Waals surface area contributed by atoms with Crippen LogP contribution in [0.5, 0.6) is 0 Å². The maximum absolute atomic E-state index is 5.90. The van der Waals surface area contributed by atoms with Crippen LogP contribution in [-0.4, -0.2) is 35.6 Å². The van der Waals surface area contributed by atoms with E-state index in [2.05, 4.69) is 36.1 Å². The van der Waals surface area contributed by atoms with Crippen molar-refractivity contribution in [3.63, 3.8) is 0 Å². The summed E-state index contributed by atoms with van der Waals surface area (Å²) in [5, 5.41) is 8.19. The molecule has 2 unspecified atom stereocenters. The molecule has 2 atom stereocenters. The lowest BCUT2D eigenvalue weighted by Gasteiger charge is -2.36. The monoisotopic (exact) mass is 279 g/mol. The smallest absolute Gasteiger partial charge is 0.0834 e. The molecule has 0 saturated heterocycles. The van der Waals surface area contributed by atoms with E-state index in [4.69, 9.17) is 9.84 Å². The topological polar surface area (TPSA) is 39.1 Å². The molecule has 0 aliphatic heterocycles. The van der Waals surface area contributed by atoms with Crippen LogP contribution in [-0.2, 0) is 11.2 Å². The minimum absolute atomic E-state index is 0.00506. The van der Waals surface area contributed by atoms with Crippen LogP contribution in [0.1, 0.15) is 57.7 Å². The summed E-state index contributed by atoms with van der Waals surface area (Å²) in [6.45, 7) is 4.40. The second kappa shape index (κ2) is 6.72. The molecule has 0 aromatic carbocycles. The number of hydrogen-bond acceptors (Lipinski definition) is 3. The molecule has 1 aromatic rings. The van der Waals surface area contributed by atoms with Gasteiger partial charge in [0.15, 0.2) is 0 Å². The zero-order valence-corrected chi connectivity index (χ0v) is 13.4. The van der Waals surface area contributed by atoms with Gasteiger partial charge in [-0.25, -0.2) is 0 Å². The zero-order chi connectivity index (χ0) is 14.6.